The lowest BCUT2D eigenvalue weighted by atomic mass is 10.1. The van der Waals surface area contributed by atoms with Crippen LogP contribution >= 0.6 is 0 Å². The molecule has 8 heteroatoms. The van der Waals surface area contributed by atoms with Gasteiger partial charge in [-0.15, -0.1) is 0 Å². The lowest BCUT2D eigenvalue weighted by molar-refractivity contribution is -0.158. The van der Waals surface area contributed by atoms with Crippen molar-refractivity contribution in [1.82, 2.24) is 9.96 Å². The van der Waals surface area contributed by atoms with E-state index in [-0.39, 0.29) is 11.3 Å². The fourth-order valence-corrected chi connectivity index (χ4v) is 4.33. The second kappa shape index (κ2) is 9.68. The van der Waals surface area contributed by atoms with Gasteiger partial charge < -0.3 is 9.64 Å². The second-order valence-corrected chi connectivity index (χ2v) is 8.70. The Morgan fingerprint density at radius 3 is 2.18 bits per heavy atom. The Balaban J connectivity index is 2.26. The van der Waals surface area contributed by atoms with Crippen LogP contribution in [0, 0.1) is 0 Å². The number of rotatable bonds is 10. The molecule has 0 saturated carbocycles. The third-order valence-corrected chi connectivity index (χ3v) is 5.91. The molecule has 2 rings (SSSR count). The Morgan fingerprint density at radius 2 is 1.68 bits per heavy atom. The Bertz CT molecular complexity index is 864. The summed E-state index contributed by atoms with van der Waals surface area (Å²) in [5.41, 5.74) is 1.57. The normalized spacial score (nSPS) is 12.6. The van der Waals surface area contributed by atoms with Crippen molar-refractivity contribution in [2.24, 2.45) is 0 Å². The highest BCUT2D eigenvalue weighted by Gasteiger charge is 2.27. The maximum atomic E-state index is 12.8. The Morgan fingerprint density at radius 1 is 1.07 bits per heavy atom. The van der Waals surface area contributed by atoms with E-state index in [9.17, 15) is 18.4 Å². The Kier molecular flexibility index (Phi) is 7.56. The number of carbonyl (C=O) groups excluding carboxylic acids is 1. The summed E-state index contributed by atoms with van der Waals surface area (Å²) in [5.74, 6) is 0.134. The van der Waals surface area contributed by atoms with Crippen LogP contribution in [0.1, 0.15) is 24.1 Å². The first-order valence-corrected chi connectivity index (χ1v) is 10.5. The molecule has 0 heterocycles. The van der Waals surface area contributed by atoms with E-state index in [0.29, 0.717) is 23.0 Å². The summed E-state index contributed by atoms with van der Waals surface area (Å²) in [5, 5.41) is 10.4. The SMILES string of the molecule is CCOc1ccc(S(=O)(=O)CC(c2ccc(CN(C)C)cc2)N(O)C=O)cc1. The number of benzene rings is 2. The van der Waals surface area contributed by atoms with Crippen LogP contribution in [0.4, 0.5) is 0 Å². The first kappa shape index (κ1) is 21.9. The zero-order valence-corrected chi connectivity index (χ0v) is 17.1. The summed E-state index contributed by atoms with van der Waals surface area (Å²) in [6.45, 7) is 3.05. The second-order valence-electron chi connectivity index (χ2n) is 6.67. The van der Waals surface area contributed by atoms with Crippen molar-refractivity contribution in [2.75, 3.05) is 26.5 Å². The molecule has 2 aromatic rings. The number of nitrogens with zero attached hydrogens (tertiary/aromatic N) is 2. The molecule has 1 unspecified atom stereocenters. The first-order chi connectivity index (χ1) is 13.3. The molecule has 1 amide bonds. The third kappa shape index (κ3) is 5.79. The highest BCUT2D eigenvalue weighted by molar-refractivity contribution is 7.91. The maximum absolute atomic E-state index is 12.8. The summed E-state index contributed by atoms with van der Waals surface area (Å²) in [6, 6.07) is 12.2. The van der Waals surface area contributed by atoms with Gasteiger partial charge in [-0.2, -0.15) is 0 Å². The van der Waals surface area contributed by atoms with Crippen molar-refractivity contribution >= 4 is 16.2 Å². The van der Waals surface area contributed by atoms with Crippen molar-refractivity contribution in [3.8, 4) is 5.75 Å². The Labute approximate surface area is 166 Å². The van der Waals surface area contributed by atoms with Gasteiger partial charge in [0.25, 0.3) is 0 Å². The van der Waals surface area contributed by atoms with E-state index in [4.69, 9.17) is 4.74 Å². The minimum Gasteiger partial charge on any atom is -0.494 e. The number of sulfone groups is 1. The monoisotopic (exact) mass is 406 g/mol. The molecule has 7 nitrogen and oxygen atoms in total. The minimum atomic E-state index is -3.75. The van der Waals surface area contributed by atoms with Gasteiger partial charge in [-0.1, -0.05) is 24.3 Å². The fourth-order valence-electron chi connectivity index (χ4n) is 2.82. The number of hydrogen-bond donors (Lipinski definition) is 1. The lowest BCUT2D eigenvalue weighted by Gasteiger charge is -2.23. The molecule has 0 aliphatic rings. The van der Waals surface area contributed by atoms with Crippen LogP contribution in [0.3, 0.4) is 0 Å². The minimum absolute atomic E-state index is 0.101. The number of amides is 1. The van der Waals surface area contributed by atoms with Gasteiger partial charge in [0, 0.05) is 6.54 Å². The van der Waals surface area contributed by atoms with Crippen LogP contribution in [0.5, 0.6) is 5.75 Å². The Hall–Kier alpha value is -2.42. The fraction of sp³-hybridized carbons (Fsp3) is 0.350. The molecule has 0 spiro atoms. The summed E-state index contributed by atoms with van der Waals surface area (Å²) in [4.78, 5) is 13.2. The number of hydrogen-bond acceptors (Lipinski definition) is 6. The van der Waals surface area contributed by atoms with Gasteiger partial charge in [0.05, 0.1) is 23.3 Å². The zero-order chi connectivity index (χ0) is 20.7. The van der Waals surface area contributed by atoms with Crippen LogP contribution in [0.15, 0.2) is 53.4 Å². The van der Waals surface area contributed by atoms with Gasteiger partial charge in [0.1, 0.15) is 5.75 Å². The smallest absolute Gasteiger partial charge is 0.233 e. The van der Waals surface area contributed by atoms with E-state index in [1.54, 1.807) is 24.3 Å². The summed E-state index contributed by atoms with van der Waals surface area (Å²) in [6.07, 6.45) is 0.214. The molecular weight excluding hydrogens is 380 g/mol. The molecule has 0 bridgehead atoms. The predicted molar refractivity (Wildman–Crippen MR) is 106 cm³/mol. The van der Waals surface area contributed by atoms with E-state index < -0.39 is 21.6 Å². The molecule has 0 aromatic heterocycles. The molecular formula is C20H26N2O5S. The first-order valence-electron chi connectivity index (χ1n) is 8.88. The van der Waals surface area contributed by atoms with Crippen LogP contribution in [0.2, 0.25) is 0 Å². The topological polar surface area (TPSA) is 87.2 Å². The average Bonchev–Trinajstić information content (AvgIpc) is 2.66. The van der Waals surface area contributed by atoms with Crippen LogP contribution in [-0.2, 0) is 21.2 Å². The van der Waals surface area contributed by atoms with Gasteiger partial charge in [0.2, 0.25) is 6.41 Å². The number of ether oxygens (including phenoxy) is 1. The molecule has 0 radical (unpaired) electrons. The van der Waals surface area contributed by atoms with Crippen LogP contribution in [0.25, 0.3) is 0 Å². The molecule has 0 aliphatic carbocycles. The quantitative estimate of drug-likeness (QED) is 0.371. The predicted octanol–water partition coefficient (Wildman–Crippen LogP) is 2.51. The summed E-state index contributed by atoms with van der Waals surface area (Å²) < 4.78 is 31.0. The van der Waals surface area contributed by atoms with Gasteiger partial charge in [-0.05, 0) is 56.4 Å². The highest BCUT2D eigenvalue weighted by atomic mass is 32.2. The largest absolute Gasteiger partial charge is 0.494 e. The maximum Gasteiger partial charge on any atom is 0.233 e. The van der Waals surface area contributed by atoms with E-state index in [2.05, 4.69) is 0 Å². The molecule has 1 N–H and O–H groups in total. The molecule has 152 valence electrons. The molecule has 1 atom stereocenters. The average molecular weight is 407 g/mol. The molecule has 28 heavy (non-hydrogen) atoms. The van der Waals surface area contributed by atoms with Crippen molar-refractivity contribution < 1.29 is 23.2 Å². The van der Waals surface area contributed by atoms with Crippen molar-refractivity contribution in [1.29, 1.82) is 0 Å². The third-order valence-electron chi connectivity index (χ3n) is 4.16. The number of hydroxylamine groups is 2. The van der Waals surface area contributed by atoms with E-state index in [1.165, 1.54) is 12.1 Å². The van der Waals surface area contributed by atoms with Crippen LogP contribution in [-0.4, -0.2) is 56.5 Å². The lowest BCUT2D eigenvalue weighted by Crippen LogP contribution is -2.30. The summed E-state index contributed by atoms with van der Waals surface area (Å²) in [7, 11) is 0.145. The van der Waals surface area contributed by atoms with E-state index >= 15 is 0 Å². The molecule has 2 aromatic carbocycles. The van der Waals surface area contributed by atoms with Crippen molar-refractivity contribution in [3.05, 3.63) is 59.7 Å². The highest BCUT2D eigenvalue weighted by Crippen LogP contribution is 2.25. The summed E-state index contributed by atoms with van der Waals surface area (Å²) >= 11 is 0. The van der Waals surface area contributed by atoms with E-state index in [0.717, 1.165) is 12.1 Å². The van der Waals surface area contributed by atoms with Gasteiger partial charge >= 0.3 is 0 Å². The van der Waals surface area contributed by atoms with Crippen molar-refractivity contribution in [3.63, 3.8) is 0 Å². The van der Waals surface area contributed by atoms with Gasteiger partial charge in [0.15, 0.2) is 9.84 Å². The standard InChI is InChI=1S/C20H26N2O5S/c1-4-27-18-9-11-19(12-10-18)28(25,26)14-20(22(24)15-23)17-7-5-16(6-8-17)13-21(2)3/h5-12,15,20,24H,4,13-14H2,1-3H3. The number of carbonyl (C=O) groups is 1. The zero-order valence-electron chi connectivity index (χ0n) is 16.3. The van der Waals surface area contributed by atoms with Gasteiger partial charge in [-0.3, -0.25) is 10.0 Å². The van der Waals surface area contributed by atoms with Crippen molar-refractivity contribution in [2.45, 2.75) is 24.4 Å². The van der Waals surface area contributed by atoms with Gasteiger partial charge in [-0.25, -0.2) is 13.5 Å². The molecule has 0 aliphatic heterocycles. The molecule has 0 saturated heterocycles. The van der Waals surface area contributed by atoms with E-state index in [1.807, 2.05) is 38.1 Å². The van der Waals surface area contributed by atoms with Crippen LogP contribution < -0.4 is 4.74 Å². The molecule has 0 fully saturated rings.